The second-order valence-electron chi connectivity index (χ2n) is 2.80. The molecule has 76 valence electrons. The summed E-state index contributed by atoms with van der Waals surface area (Å²) in [4.78, 5) is 21.8. The van der Waals surface area contributed by atoms with Gasteiger partial charge in [-0.1, -0.05) is 6.58 Å². The Labute approximate surface area is 114 Å². The molecule has 1 heterocycles. The van der Waals surface area contributed by atoms with E-state index in [0.29, 0.717) is 13.0 Å². The van der Waals surface area contributed by atoms with Gasteiger partial charge in [0.15, 0.2) is 0 Å². The van der Waals surface area contributed by atoms with Gasteiger partial charge >= 0.3 is 49.7 Å². The molecule has 0 amide bonds. The van der Waals surface area contributed by atoms with E-state index in [1.807, 2.05) is 0 Å². The molecule has 0 aromatic heterocycles. The van der Waals surface area contributed by atoms with Crippen molar-refractivity contribution in [1.29, 1.82) is 0 Å². The zero-order valence-electron chi connectivity index (χ0n) is 9.78. The van der Waals surface area contributed by atoms with Crippen molar-refractivity contribution < 1.29 is 22.3 Å². The molecule has 0 radical (unpaired) electrons. The molecular formula is C8H13CaNO4. The van der Waals surface area contributed by atoms with Crippen LogP contribution < -0.4 is 5.32 Å². The zero-order valence-corrected chi connectivity index (χ0v) is 9.99. The molecule has 0 aromatic carbocycles. The average Bonchev–Trinajstić information content (AvgIpc) is 2.53. The Kier molecular flexibility index (Phi) is 5.85. The molecule has 14 heavy (non-hydrogen) atoms. The van der Waals surface area contributed by atoms with Crippen LogP contribution in [0.15, 0.2) is 12.7 Å². The summed E-state index contributed by atoms with van der Waals surface area (Å²) < 4.78 is 4.28. The Morgan fingerprint density at radius 3 is 2.71 bits per heavy atom. The summed E-state index contributed by atoms with van der Waals surface area (Å²) in [6.07, 6.45) is 1.81. The molecule has 0 spiro atoms. The summed E-state index contributed by atoms with van der Waals surface area (Å²) in [5, 5.41) is 12.1. The van der Waals surface area contributed by atoms with Gasteiger partial charge in [0.2, 0.25) is 5.72 Å². The minimum Gasteiger partial charge on any atom is -1.00 e. The van der Waals surface area contributed by atoms with E-state index < -0.39 is 17.7 Å². The van der Waals surface area contributed by atoms with Crippen molar-refractivity contribution in [2.24, 2.45) is 0 Å². The van der Waals surface area contributed by atoms with Crippen molar-refractivity contribution in [3.8, 4) is 0 Å². The first-order valence-corrected chi connectivity index (χ1v) is 3.94. The minimum atomic E-state index is -1.70. The predicted molar refractivity (Wildman–Crippen MR) is 51.5 cm³/mol. The molecule has 1 saturated heterocycles. The van der Waals surface area contributed by atoms with Crippen LogP contribution in [0.25, 0.3) is 0 Å². The van der Waals surface area contributed by atoms with Gasteiger partial charge in [0.05, 0.1) is 0 Å². The van der Waals surface area contributed by atoms with Crippen LogP contribution in [-0.4, -0.2) is 67.1 Å². The topological polar surface area (TPSA) is 75.6 Å². The van der Waals surface area contributed by atoms with Crippen LogP contribution in [0.3, 0.4) is 0 Å². The van der Waals surface area contributed by atoms with Crippen LogP contribution in [0.1, 0.15) is 15.7 Å². The van der Waals surface area contributed by atoms with Gasteiger partial charge in [-0.25, -0.2) is 9.59 Å². The summed E-state index contributed by atoms with van der Waals surface area (Å²) in [5.41, 5.74) is -1.70. The molecular weight excluding hydrogens is 214 g/mol. The number of nitrogens with one attached hydrogen (secondary N) is 1. The van der Waals surface area contributed by atoms with Gasteiger partial charge in [-0.15, -0.1) is 0 Å². The largest absolute Gasteiger partial charge is 2.00 e. The van der Waals surface area contributed by atoms with E-state index in [-0.39, 0.29) is 47.0 Å². The number of aliphatic hydroxyl groups is 1. The Bertz CT molecular complexity index is 256. The van der Waals surface area contributed by atoms with Crippen molar-refractivity contribution in [2.45, 2.75) is 18.6 Å². The first kappa shape index (κ1) is 14.1. The first-order chi connectivity index (χ1) is 6.08. The van der Waals surface area contributed by atoms with Gasteiger partial charge < -0.3 is 12.7 Å². The molecule has 1 atom stereocenters. The Hall–Kier alpha value is 0.0597. The SMILES string of the molecule is C=CC(=O)OC(=O)[C@]1(O)CCCN1.[Ca+2].[H-].[H-]. The molecule has 5 nitrogen and oxygen atoms in total. The summed E-state index contributed by atoms with van der Waals surface area (Å²) >= 11 is 0. The number of ether oxygens (including phenoxy) is 1. The maximum Gasteiger partial charge on any atom is 2.00 e. The molecule has 2 N–H and O–H groups in total. The van der Waals surface area contributed by atoms with E-state index in [1.165, 1.54) is 0 Å². The Morgan fingerprint density at radius 1 is 1.64 bits per heavy atom. The third-order valence-electron chi connectivity index (χ3n) is 1.83. The summed E-state index contributed by atoms with van der Waals surface area (Å²) in [6, 6.07) is 0. The molecule has 1 aliphatic heterocycles. The standard InChI is InChI=1S/C8H11NO4.Ca.2H/c1-2-6(10)13-7(11)8(12)4-3-5-9-8;;;/h2,9,12H,1,3-5H2;;;/q;+2;2*-1/t8-;;;/m1.../s1. The van der Waals surface area contributed by atoms with Gasteiger partial charge in [0.1, 0.15) is 0 Å². The third-order valence-corrected chi connectivity index (χ3v) is 1.83. The molecule has 6 heteroatoms. The summed E-state index contributed by atoms with van der Waals surface area (Å²) in [7, 11) is 0. The second kappa shape index (κ2) is 5.82. The molecule has 1 fully saturated rings. The molecule has 0 unspecified atom stereocenters. The van der Waals surface area contributed by atoms with Crippen molar-refractivity contribution in [2.75, 3.05) is 6.54 Å². The molecule has 1 rings (SSSR count). The van der Waals surface area contributed by atoms with E-state index in [4.69, 9.17) is 0 Å². The molecule has 1 aliphatic rings. The predicted octanol–water partition coefficient (Wildman–Crippen LogP) is -0.842. The van der Waals surface area contributed by atoms with Crippen LogP contribution in [0.5, 0.6) is 0 Å². The van der Waals surface area contributed by atoms with Gasteiger partial charge in [0, 0.05) is 12.5 Å². The van der Waals surface area contributed by atoms with E-state index in [0.717, 1.165) is 6.08 Å². The van der Waals surface area contributed by atoms with Crippen LogP contribution in [0.2, 0.25) is 0 Å². The van der Waals surface area contributed by atoms with E-state index in [9.17, 15) is 14.7 Å². The maximum atomic E-state index is 11.1. The summed E-state index contributed by atoms with van der Waals surface area (Å²) in [6.45, 7) is 3.67. The molecule has 0 aromatic rings. The molecule has 0 saturated carbocycles. The molecule has 0 bridgehead atoms. The maximum absolute atomic E-state index is 11.1. The van der Waals surface area contributed by atoms with E-state index in [2.05, 4.69) is 16.6 Å². The fraction of sp³-hybridized carbons (Fsp3) is 0.500. The van der Waals surface area contributed by atoms with Crippen molar-refractivity contribution in [3.63, 3.8) is 0 Å². The molecule has 0 aliphatic carbocycles. The number of rotatable bonds is 2. The number of hydrogen-bond donors (Lipinski definition) is 2. The average molecular weight is 227 g/mol. The number of carbonyl (C=O) groups excluding carboxylic acids is 2. The van der Waals surface area contributed by atoms with Crippen molar-refractivity contribution >= 4 is 49.7 Å². The first-order valence-electron chi connectivity index (χ1n) is 3.94. The fourth-order valence-electron chi connectivity index (χ4n) is 1.12. The van der Waals surface area contributed by atoms with Gasteiger partial charge in [-0.2, -0.15) is 0 Å². The van der Waals surface area contributed by atoms with Crippen molar-refractivity contribution in [1.82, 2.24) is 5.32 Å². The Morgan fingerprint density at radius 2 is 2.29 bits per heavy atom. The second-order valence-corrected chi connectivity index (χ2v) is 2.80. The zero-order chi connectivity index (χ0) is 9.90. The van der Waals surface area contributed by atoms with Crippen LogP contribution >= 0.6 is 0 Å². The smallest absolute Gasteiger partial charge is 1.00 e. The fourth-order valence-corrected chi connectivity index (χ4v) is 1.12. The van der Waals surface area contributed by atoms with Crippen molar-refractivity contribution in [3.05, 3.63) is 12.7 Å². The van der Waals surface area contributed by atoms with Gasteiger partial charge in [0.25, 0.3) is 0 Å². The number of carbonyl (C=O) groups is 2. The summed E-state index contributed by atoms with van der Waals surface area (Å²) in [5.74, 6) is -1.82. The quantitative estimate of drug-likeness (QED) is 0.278. The normalized spacial score (nSPS) is 24.9. The Balaban J connectivity index is -0.000000563. The van der Waals surface area contributed by atoms with E-state index in [1.54, 1.807) is 0 Å². The van der Waals surface area contributed by atoms with Crippen LogP contribution in [0, 0.1) is 0 Å². The monoisotopic (exact) mass is 227 g/mol. The van der Waals surface area contributed by atoms with E-state index >= 15 is 0 Å². The van der Waals surface area contributed by atoms with Gasteiger partial charge in [-0.05, 0) is 13.0 Å². The van der Waals surface area contributed by atoms with Crippen LogP contribution in [-0.2, 0) is 14.3 Å². The minimum absolute atomic E-state index is 0. The van der Waals surface area contributed by atoms with Gasteiger partial charge in [-0.3, -0.25) is 5.32 Å². The third kappa shape index (κ3) is 3.33. The number of esters is 2. The number of hydrogen-bond acceptors (Lipinski definition) is 5. The van der Waals surface area contributed by atoms with Crippen LogP contribution in [0.4, 0.5) is 0 Å².